The highest BCUT2D eigenvalue weighted by Crippen LogP contribution is 2.34. The van der Waals surface area contributed by atoms with Crippen molar-refractivity contribution in [1.82, 2.24) is 0 Å². The Morgan fingerprint density at radius 2 is 1.83 bits per heavy atom. The zero-order chi connectivity index (χ0) is 13.8. The molecule has 18 heavy (non-hydrogen) atoms. The van der Waals surface area contributed by atoms with E-state index in [0.717, 1.165) is 0 Å². The molecule has 0 heterocycles. The minimum atomic E-state index is -0.545. The number of hydrogen-bond donors (Lipinski definition) is 1. The van der Waals surface area contributed by atoms with E-state index < -0.39 is 11.7 Å². The first kappa shape index (κ1) is 14.2. The van der Waals surface area contributed by atoms with Gasteiger partial charge in [0.1, 0.15) is 5.60 Å². The first-order valence-corrected chi connectivity index (χ1v) is 5.58. The highest BCUT2D eigenvalue weighted by Gasteiger charge is 2.18. The third-order valence-electron chi connectivity index (χ3n) is 2.04. The Balaban J connectivity index is 2.87. The van der Waals surface area contributed by atoms with Gasteiger partial charge in [-0.1, -0.05) is 6.07 Å². The second-order valence-corrected chi connectivity index (χ2v) is 4.67. The molecule has 0 unspecified atom stereocenters. The van der Waals surface area contributed by atoms with Gasteiger partial charge in [0.25, 0.3) is 0 Å². The van der Waals surface area contributed by atoms with E-state index in [-0.39, 0.29) is 0 Å². The standard InChI is InChI=1S/C13H19NO4/c1-13(2,3)18-12(15)14-9-7-6-8-10(16-4)11(9)17-5/h6-8H,1-5H3,(H,14,15). The first-order valence-electron chi connectivity index (χ1n) is 5.58. The van der Waals surface area contributed by atoms with Gasteiger partial charge in [-0.3, -0.25) is 5.32 Å². The summed E-state index contributed by atoms with van der Waals surface area (Å²) in [6, 6.07) is 5.22. The molecule has 0 aliphatic rings. The fraction of sp³-hybridized carbons (Fsp3) is 0.462. The molecular formula is C13H19NO4. The highest BCUT2D eigenvalue weighted by molar-refractivity contribution is 5.87. The maximum Gasteiger partial charge on any atom is 0.412 e. The molecule has 0 radical (unpaired) electrons. The smallest absolute Gasteiger partial charge is 0.412 e. The SMILES string of the molecule is COc1cccc(NC(=O)OC(C)(C)C)c1OC. The molecular weight excluding hydrogens is 234 g/mol. The highest BCUT2D eigenvalue weighted by atomic mass is 16.6. The van der Waals surface area contributed by atoms with Crippen LogP contribution in [0.15, 0.2) is 18.2 Å². The molecule has 0 aliphatic heterocycles. The summed E-state index contributed by atoms with van der Waals surface area (Å²) in [5, 5.41) is 2.63. The molecule has 5 heteroatoms. The lowest BCUT2D eigenvalue weighted by Gasteiger charge is -2.20. The van der Waals surface area contributed by atoms with E-state index in [9.17, 15) is 4.79 Å². The summed E-state index contributed by atoms with van der Waals surface area (Å²) in [5.41, 5.74) is -0.0398. The van der Waals surface area contributed by atoms with E-state index in [4.69, 9.17) is 14.2 Å². The van der Waals surface area contributed by atoms with Gasteiger partial charge in [0.15, 0.2) is 11.5 Å². The average Bonchev–Trinajstić information content (AvgIpc) is 2.25. The second-order valence-electron chi connectivity index (χ2n) is 4.67. The van der Waals surface area contributed by atoms with Gasteiger partial charge in [-0.15, -0.1) is 0 Å². The predicted octanol–water partition coefficient (Wildman–Crippen LogP) is 3.05. The Morgan fingerprint density at radius 3 is 2.33 bits per heavy atom. The third kappa shape index (κ3) is 3.84. The molecule has 0 saturated carbocycles. The molecule has 1 amide bonds. The van der Waals surface area contributed by atoms with Gasteiger partial charge >= 0.3 is 6.09 Å². The molecule has 1 aromatic carbocycles. The van der Waals surface area contributed by atoms with Crippen molar-refractivity contribution in [3.8, 4) is 11.5 Å². The molecule has 0 fully saturated rings. The van der Waals surface area contributed by atoms with Crippen molar-refractivity contribution < 1.29 is 19.0 Å². The number of benzene rings is 1. The summed E-state index contributed by atoms with van der Waals surface area (Å²) in [6.07, 6.45) is -0.533. The topological polar surface area (TPSA) is 56.8 Å². The number of carbonyl (C=O) groups is 1. The van der Waals surface area contributed by atoms with Crippen LogP contribution in [0.3, 0.4) is 0 Å². The van der Waals surface area contributed by atoms with E-state index in [1.807, 2.05) is 0 Å². The molecule has 5 nitrogen and oxygen atoms in total. The monoisotopic (exact) mass is 253 g/mol. The van der Waals surface area contributed by atoms with E-state index >= 15 is 0 Å². The minimum absolute atomic E-state index is 0.464. The Bertz CT molecular complexity index is 423. The maximum atomic E-state index is 11.7. The number of carbonyl (C=O) groups excluding carboxylic acids is 1. The number of ether oxygens (including phenoxy) is 3. The summed E-state index contributed by atoms with van der Waals surface area (Å²) in [6.45, 7) is 5.40. The van der Waals surface area contributed by atoms with Crippen LogP contribution >= 0.6 is 0 Å². The van der Waals surface area contributed by atoms with Crippen LogP contribution in [0, 0.1) is 0 Å². The Morgan fingerprint density at radius 1 is 1.17 bits per heavy atom. The van der Waals surface area contributed by atoms with E-state index in [1.165, 1.54) is 14.2 Å². The number of amides is 1. The largest absolute Gasteiger partial charge is 0.493 e. The van der Waals surface area contributed by atoms with Crippen LogP contribution in [-0.2, 0) is 4.74 Å². The van der Waals surface area contributed by atoms with E-state index in [1.54, 1.807) is 39.0 Å². The molecule has 0 atom stereocenters. The number of para-hydroxylation sites is 1. The molecule has 1 rings (SSSR count). The molecule has 0 bridgehead atoms. The fourth-order valence-corrected chi connectivity index (χ4v) is 1.40. The van der Waals surface area contributed by atoms with Crippen LogP contribution in [-0.4, -0.2) is 25.9 Å². The molecule has 0 aliphatic carbocycles. The van der Waals surface area contributed by atoms with Gasteiger partial charge in [-0.25, -0.2) is 4.79 Å². The molecule has 1 N–H and O–H groups in total. The van der Waals surface area contributed by atoms with Crippen LogP contribution < -0.4 is 14.8 Å². The lowest BCUT2D eigenvalue weighted by molar-refractivity contribution is 0.0635. The van der Waals surface area contributed by atoms with Crippen LogP contribution in [0.1, 0.15) is 20.8 Å². The van der Waals surface area contributed by atoms with Gasteiger partial charge in [0.2, 0.25) is 0 Å². The predicted molar refractivity (Wildman–Crippen MR) is 69.4 cm³/mol. The van der Waals surface area contributed by atoms with Gasteiger partial charge in [-0.2, -0.15) is 0 Å². The summed E-state index contributed by atoms with van der Waals surface area (Å²) in [5.74, 6) is 1.01. The number of methoxy groups -OCH3 is 2. The molecule has 0 spiro atoms. The van der Waals surface area contributed by atoms with Crippen LogP contribution in [0.4, 0.5) is 10.5 Å². The number of rotatable bonds is 3. The van der Waals surface area contributed by atoms with Gasteiger partial charge < -0.3 is 14.2 Å². The van der Waals surface area contributed by atoms with Gasteiger partial charge in [-0.05, 0) is 32.9 Å². The lowest BCUT2D eigenvalue weighted by Crippen LogP contribution is -2.27. The number of hydrogen-bond acceptors (Lipinski definition) is 4. The Hall–Kier alpha value is -1.91. The van der Waals surface area contributed by atoms with Crippen molar-refractivity contribution in [2.75, 3.05) is 19.5 Å². The lowest BCUT2D eigenvalue weighted by atomic mass is 10.2. The minimum Gasteiger partial charge on any atom is -0.493 e. The molecule has 0 aromatic heterocycles. The zero-order valence-electron chi connectivity index (χ0n) is 11.4. The van der Waals surface area contributed by atoms with Crippen LogP contribution in [0.25, 0.3) is 0 Å². The second kappa shape index (κ2) is 5.62. The van der Waals surface area contributed by atoms with Crippen LogP contribution in [0.2, 0.25) is 0 Å². The number of anilines is 1. The van der Waals surface area contributed by atoms with Crippen molar-refractivity contribution in [2.45, 2.75) is 26.4 Å². The van der Waals surface area contributed by atoms with Crippen molar-refractivity contribution in [2.24, 2.45) is 0 Å². The van der Waals surface area contributed by atoms with Gasteiger partial charge in [0, 0.05) is 0 Å². The van der Waals surface area contributed by atoms with Crippen molar-refractivity contribution in [3.05, 3.63) is 18.2 Å². The Labute approximate surface area is 107 Å². The number of nitrogens with one attached hydrogen (secondary N) is 1. The quantitative estimate of drug-likeness (QED) is 0.899. The zero-order valence-corrected chi connectivity index (χ0v) is 11.4. The fourth-order valence-electron chi connectivity index (χ4n) is 1.40. The van der Waals surface area contributed by atoms with Crippen molar-refractivity contribution in [3.63, 3.8) is 0 Å². The molecule has 0 saturated heterocycles. The molecule has 1 aromatic rings. The third-order valence-corrected chi connectivity index (χ3v) is 2.04. The maximum absolute atomic E-state index is 11.7. The summed E-state index contributed by atoms with van der Waals surface area (Å²) in [4.78, 5) is 11.7. The summed E-state index contributed by atoms with van der Waals surface area (Å²) >= 11 is 0. The van der Waals surface area contributed by atoms with E-state index in [0.29, 0.717) is 17.2 Å². The average molecular weight is 253 g/mol. The Kier molecular flexibility index (Phi) is 4.42. The molecule has 100 valence electrons. The van der Waals surface area contributed by atoms with E-state index in [2.05, 4.69) is 5.32 Å². The van der Waals surface area contributed by atoms with Crippen molar-refractivity contribution >= 4 is 11.8 Å². The normalized spacial score (nSPS) is 10.7. The summed E-state index contributed by atoms with van der Waals surface area (Å²) in [7, 11) is 3.05. The van der Waals surface area contributed by atoms with Crippen molar-refractivity contribution in [1.29, 1.82) is 0 Å². The van der Waals surface area contributed by atoms with Crippen LogP contribution in [0.5, 0.6) is 11.5 Å². The first-order chi connectivity index (χ1) is 8.37. The summed E-state index contributed by atoms with van der Waals surface area (Å²) < 4.78 is 15.5. The van der Waals surface area contributed by atoms with Gasteiger partial charge in [0.05, 0.1) is 19.9 Å².